The van der Waals surface area contributed by atoms with Gasteiger partial charge in [-0.1, -0.05) is 144 Å². The van der Waals surface area contributed by atoms with Crippen molar-refractivity contribution in [3.05, 3.63) is 76.6 Å². The van der Waals surface area contributed by atoms with Crippen LogP contribution in [0.2, 0.25) is 0 Å². The summed E-state index contributed by atoms with van der Waals surface area (Å²) < 4.78 is 1.18. The van der Waals surface area contributed by atoms with Crippen molar-refractivity contribution in [3.8, 4) is 0 Å². The summed E-state index contributed by atoms with van der Waals surface area (Å²) in [5.41, 5.74) is 3.87. The third-order valence-electron chi connectivity index (χ3n) is 6.11. The minimum Gasteiger partial charge on any atom is -0.392 e. The number of aryl methyl sites for hydroxylation is 2. The van der Waals surface area contributed by atoms with Crippen molar-refractivity contribution in [1.82, 2.24) is 0 Å². The molecule has 200 valence electrons. The summed E-state index contributed by atoms with van der Waals surface area (Å²) in [6.07, 6.45) is 21.1. The van der Waals surface area contributed by atoms with Crippen LogP contribution < -0.4 is 18.9 Å². The van der Waals surface area contributed by atoms with Gasteiger partial charge in [0.2, 0.25) is 0 Å². The van der Waals surface area contributed by atoms with Crippen LogP contribution in [0.1, 0.15) is 127 Å². The number of hydrogen-bond acceptors (Lipinski definition) is 1. The Morgan fingerprint density at radius 2 is 0.889 bits per heavy atom. The first-order valence-electron chi connectivity index (χ1n) is 14.3. The number of halogens is 1. The fourth-order valence-corrected chi connectivity index (χ4v) is 3.95. The zero-order valence-corrected chi connectivity index (χ0v) is 25.8. The first-order chi connectivity index (χ1) is 17.1. The van der Waals surface area contributed by atoms with Crippen LogP contribution in [0, 0.1) is 6.92 Å². The van der Waals surface area contributed by atoms with Gasteiger partial charge >= 0.3 is 18.9 Å². The summed E-state index contributed by atoms with van der Waals surface area (Å²) in [5.74, 6) is 0. The van der Waals surface area contributed by atoms with Gasteiger partial charge in [0.15, 0.2) is 0 Å². The van der Waals surface area contributed by atoms with E-state index in [1.165, 1.54) is 112 Å². The van der Waals surface area contributed by atoms with Gasteiger partial charge < -0.3 is 12.0 Å². The maximum absolute atomic E-state index is 8.93. The fourth-order valence-electron chi connectivity index (χ4n) is 3.68. The van der Waals surface area contributed by atoms with E-state index in [4.69, 9.17) is 5.11 Å². The summed E-state index contributed by atoms with van der Waals surface area (Å²) in [6, 6.07) is 17.0. The summed E-state index contributed by atoms with van der Waals surface area (Å²) in [7, 11) is 0. The summed E-state index contributed by atoms with van der Waals surface area (Å²) in [5, 5.41) is 8.93. The van der Waals surface area contributed by atoms with Gasteiger partial charge in [-0.2, -0.15) is 6.42 Å². The van der Waals surface area contributed by atoms with Crippen LogP contribution in [0.15, 0.2) is 53.0 Å². The van der Waals surface area contributed by atoms with Gasteiger partial charge in [0.05, 0.1) is 6.61 Å². The quantitative estimate of drug-likeness (QED) is 0.127. The van der Waals surface area contributed by atoms with Crippen molar-refractivity contribution in [2.75, 3.05) is 0 Å². The Labute approximate surface area is 245 Å². The molecular formula is C33H54BrLiO. The van der Waals surface area contributed by atoms with E-state index < -0.39 is 0 Å². The molecule has 36 heavy (non-hydrogen) atoms. The van der Waals surface area contributed by atoms with E-state index in [1.807, 2.05) is 12.1 Å². The molecule has 0 aliphatic rings. The first-order valence-corrected chi connectivity index (χ1v) is 15.1. The second kappa shape index (κ2) is 29.0. The molecule has 0 spiro atoms. The zero-order valence-electron chi connectivity index (χ0n) is 24.2. The predicted molar refractivity (Wildman–Crippen MR) is 161 cm³/mol. The molecule has 1 nitrogen and oxygen atoms in total. The maximum atomic E-state index is 8.93. The van der Waals surface area contributed by atoms with Crippen molar-refractivity contribution < 1.29 is 24.0 Å². The minimum atomic E-state index is 0. The van der Waals surface area contributed by atoms with Gasteiger partial charge in [0.25, 0.3) is 0 Å². The molecule has 0 bridgehead atoms. The van der Waals surface area contributed by atoms with Crippen molar-refractivity contribution in [2.24, 2.45) is 0 Å². The molecule has 2 aromatic carbocycles. The largest absolute Gasteiger partial charge is 1.00 e. The molecule has 0 saturated carbocycles. The Kier molecular flexibility index (Phi) is 30.4. The second-order valence-corrected chi connectivity index (χ2v) is 10.4. The van der Waals surface area contributed by atoms with Crippen LogP contribution in [-0.2, 0) is 19.4 Å². The predicted octanol–water partition coefficient (Wildman–Crippen LogP) is 8.06. The molecule has 0 amide bonds. The van der Waals surface area contributed by atoms with Gasteiger partial charge in [-0.25, -0.2) is 0 Å². The van der Waals surface area contributed by atoms with E-state index in [0.29, 0.717) is 0 Å². The normalized spacial score (nSPS) is 9.94. The molecule has 1 N–H and O–H groups in total. The van der Waals surface area contributed by atoms with Gasteiger partial charge in [0.1, 0.15) is 0 Å². The summed E-state index contributed by atoms with van der Waals surface area (Å²) in [4.78, 5) is 0. The van der Waals surface area contributed by atoms with Crippen LogP contribution in [0.3, 0.4) is 0 Å². The van der Waals surface area contributed by atoms with Gasteiger partial charge in [-0.3, -0.25) is 0 Å². The monoisotopic (exact) mass is 552 g/mol. The van der Waals surface area contributed by atoms with E-state index in [2.05, 4.69) is 80.0 Å². The first kappa shape index (κ1) is 37.6. The fraction of sp³-hybridized carbons (Fsp3) is 0.606. The van der Waals surface area contributed by atoms with E-state index in [9.17, 15) is 0 Å². The van der Waals surface area contributed by atoms with Crippen molar-refractivity contribution >= 4 is 15.9 Å². The van der Waals surface area contributed by atoms with Crippen molar-refractivity contribution in [3.63, 3.8) is 0 Å². The molecule has 0 fully saturated rings. The third kappa shape index (κ3) is 23.9. The molecule has 0 radical (unpaired) electrons. The van der Waals surface area contributed by atoms with Crippen LogP contribution >= 0.6 is 15.9 Å². The average molecular weight is 554 g/mol. The van der Waals surface area contributed by atoms with E-state index >= 15 is 0 Å². The van der Waals surface area contributed by atoms with Crippen LogP contribution in [0.5, 0.6) is 0 Å². The molecule has 0 aromatic heterocycles. The molecule has 2 rings (SSSR count). The molecule has 0 atom stereocenters. The third-order valence-corrected chi connectivity index (χ3v) is 6.64. The number of rotatable bonds is 16. The Morgan fingerprint density at radius 1 is 0.556 bits per heavy atom. The Bertz CT molecular complexity index is 667. The standard InChI is InChI=1S/C15H24O.C14H21Br.C4H9.Li/c1-2-3-4-5-6-7-8-14-9-11-15(13-16)12-10-14;1-2-3-4-5-6-7-8-13-9-11-14(15)12-10-13;1-3-4-2;/h9-12,16H,2-8,13H2,1H3;9-12H,2-8H2,1H3;1,3-4H2,2H3;/q;;-1;+1. The maximum Gasteiger partial charge on any atom is 1.00 e. The molecule has 0 aliphatic carbocycles. The Hall–Kier alpha value is -0.523. The molecule has 0 heterocycles. The Morgan fingerprint density at radius 3 is 1.25 bits per heavy atom. The van der Waals surface area contributed by atoms with Crippen molar-refractivity contribution in [2.45, 2.75) is 130 Å². The van der Waals surface area contributed by atoms with Crippen LogP contribution in [-0.4, -0.2) is 5.11 Å². The van der Waals surface area contributed by atoms with E-state index in [-0.39, 0.29) is 25.5 Å². The summed E-state index contributed by atoms with van der Waals surface area (Å²) in [6.45, 7) is 10.4. The molecule has 0 unspecified atom stereocenters. The number of unbranched alkanes of at least 4 members (excludes halogenated alkanes) is 11. The Balaban J connectivity index is 0. The molecule has 0 aliphatic heterocycles. The van der Waals surface area contributed by atoms with E-state index in [1.54, 1.807) is 0 Å². The second-order valence-electron chi connectivity index (χ2n) is 9.49. The SMILES string of the molecule is CCCCCCCCc1ccc(Br)cc1.CCCCCCCCc1ccc(CO)cc1.[CH2-]CCC.[Li+]. The number of aliphatic hydroxyl groups is 1. The smallest absolute Gasteiger partial charge is 0.392 e. The minimum absolute atomic E-state index is 0. The molecule has 2 aromatic rings. The van der Waals surface area contributed by atoms with Crippen molar-refractivity contribution in [1.29, 1.82) is 0 Å². The molecular weight excluding hydrogens is 499 g/mol. The number of aliphatic hydroxyl groups excluding tert-OH is 1. The van der Waals surface area contributed by atoms with Gasteiger partial charge in [0, 0.05) is 4.47 Å². The van der Waals surface area contributed by atoms with Gasteiger partial charge in [-0.15, -0.1) is 0 Å². The average Bonchev–Trinajstić information content (AvgIpc) is 2.90. The number of benzene rings is 2. The topological polar surface area (TPSA) is 20.2 Å². The van der Waals surface area contributed by atoms with Crippen LogP contribution in [0.4, 0.5) is 0 Å². The van der Waals surface area contributed by atoms with Gasteiger partial charge in [-0.05, 0) is 54.5 Å². The summed E-state index contributed by atoms with van der Waals surface area (Å²) >= 11 is 3.46. The molecule has 0 saturated heterocycles. The number of hydrogen-bond donors (Lipinski definition) is 1. The van der Waals surface area contributed by atoms with E-state index in [0.717, 1.165) is 12.0 Å². The van der Waals surface area contributed by atoms with Crippen LogP contribution in [0.25, 0.3) is 0 Å². The zero-order chi connectivity index (χ0) is 26.0. The molecule has 3 heteroatoms.